The smallest absolute Gasteiger partial charge is 0.194 e. The fourth-order valence-electron chi connectivity index (χ4n) is 4.25. The summed E-state index contributed by atoms with van der Waals surface area (Å²) in [6.45, 7) is 3.00. The summed E-state index contributed by atoms with van der Waals surface area (Å²) in [7, 11) is 0. The monoisotopic (exact) mass is 468 g/mol. The van der Waals surface area contributed by atoms with E-state index in [1.165, 1.54) is 19.9 Å². The summed E-state index contributed by atoms with van der Waals surface area (Å²) in [5, 5.41) is 0.847. The number of hydrogen-bond donors (Lipinski definition) is 0. The van der Waals surface area contributed by atoms with Gasteiger partial charge in [0.1, 0.15) is 0 Å². The first-order chi connectivity index (χ1) is 14.5. The number of benzene rings is 2. The second-order valence-corrected chi connectivity index (χ2v) is 9.86. The van der Waals surface area contributed by atoms with Crippen molar-refractivity contribution in [2.75, 3.05) is 0 Å². The predicted octanol–water partition coefficient (Wildman–Crippen LogP) is 8.56. The number of fused-ring (bicyclic) bond motifs is 2. The summed E-state index contributed by atoms with van der Waals surface area (Å²) in [4.78, 5) is 0.0633. The number of rotatable bonds is 2. The molecule has 0 N–H and O–H groups in total. The molecular weight excluding hydrogens is 454 g/mol. The van der Waals surface area contributed by atoms with Gasteiger partial charge in [-0.25, -0.2) is 0 Å². The van der Waals surface area contributed by atoms with Crippen LogP contribution in [0.15, 0.2) is 48.5 Å². The molecule has 160 valence electrons. The molecule has 4 aromatic rings. The Hall–Kier alpha value is -2.32. The Kier molecular flexibility index (Phi) is 4.22. The summed E-state index contributed by atoms with van der Waals surface area (Å²) in [6, 6.07) is 13.1. The maximum atomic E-state index is 15.2. The van der Waals surface area contributed by atoms with Crippen LogP contribution in [-0.4, -0.2) is 17.8 Å². The van der Waals surface area contributed by atoms with E-state index in [1.807, 2.05) is 0 Å². The molecule has 0 saturated heterocycles. The molecule has 2 aromatic carbocycles. The minimum atomic E-state index is -5.55. The van der Waals surface area contributed by atoms with Crippen LogP contribution in [0.4, 0.5) is 26.3 Å². The average Bonchev–Trinajstić information content (AvgIpc) is 3.24. The molecule has 0 unspecified atom stereocenters. The summed E-state index contributed by atoms with van der Waals surface area (Å²) in [5.74, 6) is -15.6. The third-order valence-corrected chi connectivity index (χ3v) is 8.14. The molecule has 8 heteroatoms. The Morgan fingerprint density at radius 1 is 0.645 bits per heavy atom. The van der Waals surface area contributed by atoms with Gasteiger partial charge in [0.2, 0.25) is 0 Å². The third kappa shape index (κ3) is 2.49. The van der Waals surface area contributed by atoms with Crippen molar-refractivity contribution < 1.29 is 26.3 Å². The van der Waals surface area contributed by atoms with Crippen molar-refractivity contribution in [2.45, 2.75) is 31.6 Å². The van der Waals surface area contributed by atoms with E-state index in [-0.39, 0.29) is 15.8 Å². The Morgan fingerprint density at radius 3 is 1.77 bits per heavy atom. The Bertz CT molecular complexity index is 1390. The second-order valence-electron chi connectivity index (χ2n) is 7.55. The van der Waals surface area contributed by atoms with E-state index in [1.54, 1.807) is 42.5 Å². The third-order valence-electron chi connectivity index (χ3n) is 5.76. The van der Waals surface area contributed by atoms with E-state index in [9.17, 15) is 8.78 Å². The largest absolute Gasteiger partial charge is 0.380 e. The highest BCUT2D eigenvalue weighted by atomic mass is 32.1. The number of halogens is 6. The zero-order valence-electron chi connectivity index (χ0n) is 16.2. The van der Waals surface area contributed by atoms with Crippen LogP contribution in [0, 0.1) is 13.8 Å². The van der Waals surface area contributed by atoms with Gasteiger partial charge in [-0.05, 0) is 36.9 Å². The number of hydrogen-bond acceptors (Lipinski definition) is 2. The minimum Gasteiger partial charge on any atom is -0.194 e. The van der Waals surface area contributed by atoms with Gasteiger partial charge in [0, 0.05) is 35.7 Å². The van der Waals surface area contributed by atoms with Gasteiger partial charge in [0.05, 0.1) is 5.57 Å². The van der Waals surface area contributed by atoms with Gasteiger partial charge in [-0.1, -0.05) is 36.4 Å². The van der Waals surface area contributed by atoms with Crippen LogP contribution in [-0.2, 0) is 0 Å². The van der Waals surface area contributed by atoms with Crippen LogP contribution < -0.4 is 0 Å². The molecule has 31 heavy (non-hydrogen) atoms. The highest BCUT2D eigenvalue weighted by Gasteiger charge is 2.80. The summed E-state index contributed by atoms with van der Waals surface area (Å²) in [6.07, 6.45) is 0. The fourth-order valence-corrected chi connectivity index (χ4v) is 6.62. The van der Waals surface area contributed by atoms with Gasteiger partial charge in [-0.2, -0.15) is 26.3 Å². The molecule has 0 fully saturated rings. The van der Waals surface area contributed by atoms with E-state index in [4.69, 9.17) is 0 Å². The first-order valence-electron chi connectivity index (χ1n) is 9.36. The zero-order valence-corrected chi connectivity index (χ0v) is 17.8. The molecule has 0 radical (unpaired) electrons. The Morgan fingerprint density at radius 2 is 1.16 bits per heavy atom. The minimum absolute atomic E-state index is 0.227. The van der Waals surface area contributed by atoms with Crippen molar-refractivity contribution in [2.24, 2.45) is 0 Å². The first-order valence-corrected chi connectivity index (χ1v) is 11.0. The van der Waals surface area contributed by atoms with Crippen LogP contribution in [0.25, 0.3) is 31.3 Å². The first kappa shape index (κ1) is 20.6. The van der Waals surface area contributed by atoms with Crippen molar-refractivity contribution in [1.82, 2.24) is 0 Å². The zero-order chi connectivity index (χ0) is 22.3. The molecule has 0 bridgehead atoms. The van der Waals surface area contributed by atoms with Gasteiger partial charge in [0.15, 0.2) is 0 Å². The normalized spacial score (nSPS) is 19.6. The molecule has 1 aliphatic carbocycles. The lowest BCUT2D eigenvalue weighted by Crippen LogP contribution is -2.48. The fraction of sp³-hybridized carbons (Fsp3) is 0.217. The number of alkyl halides is 6. The lowest BCUT2D eigenvalue weighted by atomic mass is 9.94. The van der Waals surface area contributed by atoms with E-state index in [0.717, 1.165) is 22.7 Å². The molecule has 1 aliphatic rings. The second kappa shape index (κ2) is 6.36. The molecule has 0 nitrogen and oxygen atoms in total. The van der Waals surface area contributed by atoms with Crippen LogP contribution in [0.2, 0.25) is 0 Å². The highest BCUT2D eigenvalue weighted by molar-refractivity contribution is 7.20. The predicted molar refractivity (Wildman–Crippen MR) is 115 cm³/mol. The van der Waals surface area contributed by atoms with E-state index >= 15 is 17.6 Å². The maximum absolute atomic E-state index is 15.2. The van der Waals surface area contributed by atoms with Crippen molar-refractivity contribution >= 4 is 54.0 Å². The molecule has 5 rings (SSSR count). The lowest BCUT2D eigenvalue weighted by Gasteiger charge is -2.25. The number of allylic oxidation sites excluding steroid dienone is 2. The van der Waals surface area contributed by atoms with Crippen molar-refractivity contribution in [3.05, 3.63) is 69.4 Å². The van der Waals surface area contributed by atoms with Crippen molar-refractivity contribution in [1.29, 1.82) is 0 Å². The van der Waals surface area contributed by atoms with Gasteiger partial charge in [0.25, 0.3) is 0 Å². The average molecular weight is 468 g/mol. The van der Waals surface area contributed by atoms with Crippen LogP contribution >= 0.6 is 22.7 Å². The molecule has 0 amide bonds. The SMILES string of the molecule is Cc1sc2ccccc2c1C1=C(c2sc3ccccc3c2C)C(F)(F)C(F)(F)C1(F)F. The Balaban J connectivity index is 1.97. The Labute approximate surface area is 181 Å². The molecule has 0 atom stereocenters. The highest BCUT2D eigenvalue weighted by Crippen LogP contribution is 2.66. The van der Waals surface area contributed by atoms with Crippen LogP contribution in [0.1, 0.15) is 20.9 Å². The van der Waals surface area contributed by atoms with Gasteiger partial charge >= 0.3 is 17.8 Å². The van der Waals surface area contributed by atoms with Gasteiger partial charge < -0.3 is 0 Å². The maximum Gasteiger partial charge on any atom is 0.380 e. The van der Waals surface area contributed by atoms with Gasteiger partial charge in [-0.3, -0.25) is 0 Å². The molecule has 2 aromatic heterocycles. The molecular formula is C23H14F6S2. The molecule has 0 aliphatic heterocycles. The molecule has 2 heterocycles. The van der Waals surface area contributed by atoms with E-state index in [0.29, 0.717) is 25.2 Å². The number of thiophene rings is 2. The standard InChI is InChI=1S/C23H14F6S2/c1-11-13-7-3-5-9-15(13)31-20(11)19-18(21(24,25)23(28,29)22(19,26)27)17-12(2)30-16-10-6-4-8-14(16)17/h3-10H,1-2H3. The van der Waals surface area contributed by atoms with Crippen LogP contribution in [0.3, 0.4) is 0 Å². The van der Waals surface area contributed by atoms with Crippen molar-refractivity contribution in [3.63, 3.8) is 0 Å². The quantitative estimate of drug-likeness (QED) is 0.259. The van der Waals surface area contributed by atoms with E-state index < -0.39 is 28.9 Å². The van der Waals surface area contributed by atoms with Gasteiger partial charge in [-0.15, -0.1) is 22.7 Å². The number of aryl methyl sites for hydroxylation is 2. The summed E-state index contributed by atoms with van der Waals surface area (Å²) in [5.41, 5.74) is -2.48. The topological polar surface area (TPSA) is 0 Å². The van der Waals surface area contributed by atoms with Crippen molar-refractivity contribution in [3.8, 4) is 0 Å². The molecule has 0 saturated carbocycles. The molecule has 0 spiro atoms. The lowest BCUT2D eigenvalue weighted by molar-refractivity contribution is -0.254. The summed E-state index contributed by atoms with van der Waals surface area (Å²) >= 11 is 1.96. The van der Waals surface area contributed by atoms with Crippen LogP contribution in [0.5, 0.6) is 0 Å². The van der Waals surface area contributed by atoms with E-state index in [2.05, 4.69) is 0 Å². The summed E-state index contributed by atoms with van der Waals surface area (Å²) < 4.78 is 91.2.